The van der Waals surface area contributed by atoms with Crippen LogP contribution in [0, 0.1) is 5.92 Å². The third kappa shape index (κ3) is 4.62. The van der Waals surface area contributed by atoms with Gasteiger partial charge in [0.25, 0.3) is 0 Å². The molecule has 0 aliphatic carbocycles. The second kappa shape index (κ2) is 10.1. The number of pyridine rings is 1. The summed E-state index contributed by atoms with van der Waals surface area (Å²) in [4.78, 5) is 33.5. The Hall–Kier alpha value is -3.85. The number of aryl methyl sites for hydroxylation is 1. The summed E-state index contributed by atoms with van der Waals surface area (Å²) in [6.07, 6.45) is 7.00. The lowest BCUT2D eigenvalue weighted by Crippen LogP contribution is -2.43. The molecule has 1 saturated heterocycles. The lowest BCUT2D eigenvalue weighted by Gasteiger charge is -2.32. The van der Waals surface area contributed by atoms with Crippen molar-refractivity contribution in [3.05, 3.63) is 66.2 Å². The average Bonchev–Trinajstić information content (AvgIpc) is 3.53. The molecule has 1 fully saturated rings. The fourth-order valence-corrected chi connectivity index (χ4v) is 5.38. The number of nitrogens with two attached hydrogens (primary N) is 1. The van der Waals surface area contributed by atoms with Gasteiger partial charge in [-0.15, -0.1) is 0 Å². The summed E-state index contributed by atoms with van der Waals surface area (Å²) in [7, 11) is 0. The third-order valence-electron chi connectivity index (χ3n) is 7.68. The van der Waals surface area contributed by atoms with Crippen LogP contribution in [0.15, 0.2) is 54.9 Å². The van der Waals surface area contributed by atoms with E-state index in [0.29, 0.717) is 5.95 Å². The molecule has 0 spiro atoms. The van der Waals surface area contributed by atoms with E-state index in [1.807, 2.05) is 44.4 Å². The number of nitrogens with zero attached hydrogens (tertiary/aromatic N) is 6. The molecule has 4 aromatic rings. The first-order valence-corrected chi connectivity index (χ1v) is 13.4. The zero-order valence-electron chi connectivity index (χ0n) is 21.8. The van der Waals surface area contributed by atoms with E-state index in [-0.39, 0.29) is 24.0 Å². The predicted octanol–water partition coefficient (Wildman–Crippen LogP) is 3.92. The van der Waals surface area contributed by atoms with Crippen molar-refractivity contribution >= 4 is 23.1 Å². The smallest absolute Gasteiger partial charge is 0.323 e. The highest BCUT2D eigenvalue weighted by Gasteiger charge is 2.29. The molecule has 2 N–H and O–H groups in total. The van der Waals surface area contributed by atoms with Crippen LogP contribution in [0.3, 0.4) is 0 Å². The second-order valence-electron chi connectivity index (χ2n) is 10.6. The van der Waals surface area contributed by atoms with Crippen molar-refractivity contribution in [2.24, 2.45) is 11.7 Å². The number of carbonyl (C=O) groups excluding carboxylic acids is 1. The van der Waals surface area contributed by atoms with E-state index >= 15 is 0 Å². The molecule has 9 nitrogen and oxygen atoms in total. The third-order valence-corrected chi connectivity index (χ3v) is 7.68. The van der Waals surface area contributed by atoms with E-state index in [9.17, 15) is 4.79 Å². The van der Waals surface area contributed by atoms with Crippen molar-refractivity contribution in [3.63, 3.8) is 0 Å². The molecule has 0 bridgehead atoms. The summed E-state index contributed by atoms with van der Waals surface area (Å²) in [5, 5.41) is 0. The standard InChI is InChI=1S/C29H33N7O2/c1-18(2)26(30)28(37)38-21-12-14-35(15-13-21)29-31-16-20(17-32-29)22-8-9-23-27(34-22)36-24(10-11-25(36)33-23)19-6-4-3-5-7-19/h3-9,16-18,21,24,26H,10-15,30H2,1-2H3/t24-,26?/m1/s1. The topological polar surface area (TPSA) is 112 Å². The lowest BCUT2D eigenvalue weighted by atomic mass is 10.0. The van der Waals surface area contributed by atoms with Gasteiger partial charge in [-0.3, -0.25) is 4.79 Å². The molecule has 2 atom stereocenters. The van der Waals surface area contributed by atoms with Crippen LogP contribution in [0.1, 0.15) is 50.5 Å². The summed E-state index contributed by atoms with van der Waals surface area (Å²) in [5.41, 5.74) is 10.7. The van der Waals surface area contributed by atoms with Gasteiger partial charge in [0.15, 0.2) is 5.65 Å². The monoisotopic (exact) mass is 511 g/mol. The van der Waals surface area contributed by atoms with Gasteiger partial charge in [-0.1, -0.05) is 44.2 Å². The number of imidazole rings is 1. The minimum Gasteiger partial charge on any atom is -0.461 e. The van der Waals surface area contributed by atoms with Crippen molar-refractivity contribution in [1.29, 1.82) is 0 Å². The first-order chi connectivity index (χ1) is 18.5. The number of carbonyl (C=O) groups is 1. The molecular formula is C29H33N7O2. The van der Waals surface area contributed by atoms with Gasteiger partial charge in [0, 0.05) is 50.3 Å². The van der Waals surface area contributed by atoms with Gasteiger partial charge in [0.2, 0.25) is 5.95 Å². The molecule has 2 aliphatic heterocycles. The highest BCUT2D eigenvalue weighted by molar-refractivity contribution is 5.77. The van der Waals surface area contributed by atoms with E-state index in [1.165, 1.54) is 5.56 Å². The number of esters is 1. The van der Waals surface area contributed by atoms with Crippen molar-refractivity contribution in [2.75, 3.05) is 18.0 Å². The molecule has 1 aromatic carbocycles. The van der Waals surface area contributed by atoms with Crippen LogP contribution in [0.4, 0.5) is 5.95 Å². The van der Waals surface area contributed by atoms with E-state index in [4.69, 9.17) is 20.4 Å². The molecule has 1 unspecified atom stereocenters. The largest absolute Gasteiger partial charge is 0.461 e. The maximum atomic E-state index is 12.2. The Morgan fingerprint density at radius 3 is 2.45 bits per heavy atom. The maximum Gasteiger partial charge on any atom is 0.323 e. The summed E-state index contributed by atoms with van der Waals surface area (Å²) in [6, 6.07) is 14.3. The second-order valence-corrected chi connectivity index (χ2v) is 10.6. The van der Waals surface area contributed by atoms with Gasteiger partial charge in [-0.2, -0.15) is 0 Å². The van der Waals surface area contributed by atoms with Crippen LogP contribution < -0.4 is 10.6 Å². The zero-order valence-corrected chi connectivity index (χ0v) is 21.8. The van der Waals surface area contributed by atoms with Crippen molar-refractivity contribution in [1.82, 2.24) is 24.5 Å². The Labute approximate surface area is 222 Å². The van der Waals surface area contributed by atoms with Crippen molar-refractivity contribution in [2.45, 2.75) is 57.7 Å². The SMILES string of the molecule is CC(C)C(N)C(=O)OC1CCN(c2ncc(-c3ccc4nc5n(c4n3)[C@@H](c3ccccc3)CC5)cn2)CC1. The summed E-state index contributed by atoms with van der Waals surface area (Å²) in [6.45, 7) is 5.29. The molecular weight excluding hydrogens is 478 g/mol. The fourth-order valence-electron chi connectivity index (χ4n) is 5.38. The van der Waals surface area contributed by atoms with Crippen LogP contribution in [0.2, 0.25) is 0 Å². The molecule has 0 radical (unpaired) electrons. The molecule has 9 heteroatoms. The van der Waals surface area contributed by atoms with Crippen LogP contribution >= 0.6 is 0 Å². The van der Waals surface area contributed by atoms with E-state index in [0.717, 1.165) is 67.0 Å². The molecule has 0 amide bonds. The highest BCUT2D eigenvalue weighted by Crippen LogP contribution is 2.35. The summed E-state index contributed by atoms with van der Waals surface area (Å²) in [5.74, 6) is 1.51. The average molecular weight is 512 g/mol. The van der Waals surface area contributed by atoms with Crippen molar-refractivity contribution in [3.8, 4) is 11.3 Å². The van der Waals surface area contributed by atoms with Gasteiger partial charge in [-0.25, -0.2) is 19.9 Å². The van der Waals surface area contributed by atoms with Crippen molar-refractivity contribution < 1.29 is 9.53 Å². The molecule has 3 aromatic heterocycles. The minimum absolute atomic E-state index is 0.0601. The zero-order chi connectivity index (χ0) is 26.2. The van der Waals surface area contributed by atoms with Crippen LogP contribution in [-0.2, 0) is 16.0 Å². The predicted molar refractivity (Wildman–Crippen MR) is 146 cm³/mol. The Kier molecular flexibility index (Phi) is 6.53. The highest BCUT2D eigenvalue weighted by atomic mass is 16.5. The molecule has 196 valence electrons. The lowest BCUT2D eigenvalue weighted by molar-refractivity contribution is -0.152. The molecule has 38 heavy (non-hydrogen) atoms. The van der Waals surface area contributed by atoms with Gasteiger partial charge in [0.05, 0.1) is 11.7 Å². The maximum absolute atomic E-state index is 12.2. The number of benzene rings is 1. The Balaban J connectivity index is 1.16. The number of hydrogen-bond donors (Lipinski definition) is 1. The number of piperidine rings is 1. The van der Waals surface area contributed by atoms with Gasteiger partial charge < -0.3 is 19.9 Å². The molecule has 5 heterocycles. The van der Waals surface area contributed by atoms with E-state index < -0.39 is 6.04 Å². The van der Waals surface area contributed by atoms with Gasteiger partial charge in [0.1, 0.15) is 23.5 Å². The summed E-state index contributed by atoms with van der Waals surface area (Å²) >= 11 is 0. The van der Waals surface area contributed by atoms with E-state index in [2.05, 4.69) is 43.7 Å². The number of rotatable bonds is 6. The number of hydrogen-bond acceptors (Lipinski definition) is 8. The Bertz CT molecular complexity index is 1430. The first kappa shape index (κ1) is 24.5. The normalized spacial score (nSPS) is 18.6. The molecule has 2 aliphatic rings. The molecule has 6 rings (SSSR count). The van der Waals surface area contributed by atoms with Crippen LogP contribution in [-0.4, -0.2) is 55.7 Å². The van der Waals surface area contributed by atoms with E-state index in [1.54, 1.807) is 0 Å². The van der Waals surface area contributed by atoms with Crippen LogP contribution in [0.25, 0.3) is 22.4 Å². The fraction of sp³-hybridized carbons (Fsp3) is 0.414. The van der Waals surface area contributed by atoms with Gasteiger partial charge >= 0.3 is 5.97 Å². The quantitative estimate of drug-likeness (QED) is 0.388. The number of aromatic nitrogens is 5. The Morgan fingerprint density at radius 1 is 1.00 bits per heavy atom. The molecule has 0 saturated carbocycles. The minimum atomic E-state index is -0.579. The van der Waals surface area contributed by atoms with Crippen LogP contribution in [0.5, 0.6) is 0 Å². The van der Waals surface area contributed by atoms with Gasteiger partial charge in [-0.05, 0) is 30.0 Å². The number of fused-ring (bicyclic) bond motifs is 3. The number of anilines is 1. The number of ether oxygens (including phenoxy) is 1. The summed E-state index contributed by atoms with van der Waals surface area (Å²) < 4.78 is 7.91. The first-order valence-electron chi connectivity index (χ1n) is 13.4. The Morgan fingerprint density at radius 2 is 1.74 bits per heavy atom.